The molecule has 0 aliphatic carbocycles. The van der Waals surface area contributed by atoms with Crippen molar-refractivity contribution in [3.05, 3.63) is 24.0 Å². The van der Waals surface area contributed by atoms with Crippen LogP contribution in [-0.4, -0.2) is 30.5 Å². The van der Waals surface area contributed by atoms with E-state index in [1.54, 1.807) is 0 Å². The summed E-state index contributed by atoms with van der Waals surface area (Å²) < 4.78 is 0. The molecule has 0 spiro atoms. The first-order valence-corrected chi connectivity index (χ1v) is 5.14. The second-order valence-corrected chi connectivity index (χ2v) is 4.20. The fraction of sp³-hybridized carbons (Fsp3) is 0.636. The Balaban J connectivity index is 2.66. The zero-order chi connectivity index (χ0) is 10.6. The molecular formula is C11H21N3. The zero-order valence-corrected chi connectivity index (χ0v) is 9.33. The SMILES string of the molecule is CC(CN)CC(c1cc[nH]c1)N(C)C. The molecule has 3 N–H and O–H groups in total. The van der Waals surface area contributed by atoms with E-state index < -0.39 is 0 Å². The Kier molecular flexibility index (Phi) is 4.17. The molecule has 1 heterocycles. The van der Waals surface area contributed by atoms with Crippen molar-refractivity contribution in [2.75, 3.05) is 20.6 Å². The normalized spacial score (nSPS) is 15.8. The standard InChI is InChI=1S/C11H21N3/c1-9(7-12)6-11(14(2)3)10-4-5-13-8-10/h4-5,8-9,11,13H,6-7,12H2,1-3H3. The maximum Gasteiger partial charge on any atom is 0.0359 e. The first-order valence-electron chi connectivity index (χ1n) is 5.14. The van der Waals surface area contributed by atoms with E-state index >= 15 is 0 Å². The average molecular weight is 195 g/mol. The topological polar surface area (TPSA) is 45.1 Å². The second-order valence-electron chi connectivity index (χ2n) is 4.20. The molecule has 80 valence electrons. The molecule has 0 radical (unpaired) electrons. The number of H-pyrrole nitrogens is 1. The van der Waals surface area contributed by atoms with E-state index in [1.807, 2.05) is 6.20 Å². The Bertz CT molecular complexity index is 241. The van der Waals surface area contributed by atoms with Gasteiger partial charge in [-0.25, -0.2) is 0 Å². The minimum Gasteiger partial charge on any atom is -0.367 e. The van der Waals surface area contributed by atoms with Gasteiger partial charge in [0, 0.05) is 18.4 Å². The number of nitrogens with one attached hydrogen (secondary N) is 1. The van der Waals surface area contributed by atoms with Crippen LogP contribution in [0.25, 0.3) is 0 Å². The molecule has 3 nitrogen and oxygen atoms in total. The van der Waals surface area contributed by atoms with Crippen LogP contribution in [0, 0.1) is 5.92 Å². The van der Waals surface area contributed by atoms with Gasteiger partial charge in [-0.1, -0.05) is 6.92 Å². The maximum absolute atomic E-state index is 5.65. The van der Waals surface area contributed by atoms with E-state index in [0.29, 0.717) is 12.0 Å². The average Bonchev–Trinajstić information content (AvgIpc) is 2.65. The third kappa shape index (κ3) is 2.86. The third-order valence-corrected chi connectivity index (χ3v) is 2.66. The third-order valence-electron chi connectivity index (χ3n) is 2.66. The summed E-state index contributed by atoms with van der Waals surface area (Å²) in [5.74, 6) is 0.567. The van der Waals surface area contributed by atoms with Gasteiger partial charge in [0.2, 0.25) is 0 Å². The molecule has 0 amide bonds. The van der Waals surface area contributed by atoms with E-state index in [1.165, 1.54) is 5.56 Å². The van der Waals surface area contributed by atoms with Crippen molar-refractivity contribution in [2.24, 2.45) is 11.7 Å². The Labute approximate surface area is 86.3 Å². The fourth-order valence-electron chi connectivity index (χ4n) is 1.67. The number of hydrogen-bond acceptors (Lipinski definition) is 2. The summed E-state index contributed by atoms with van der Waals surface area (Å²) in [6.45, 7) is 2.96. The predicted octanol–water partition coefficient (Wildman–Crippen LogP) is 1.60. The molecule has 1 aromatic heterocycles. The summed E-state index contributed by atoms with van der Waals surface area (Å²) in [5, 5.41) is 0. The number of hydrogen-bond donors (Lipinski definition) is 2. The zero-order valence-electron chi connectivity index (χ0n) is 9.33. The molecule has 0 fully saturated rings. The molecule has 2 unspecified atom stereocenters. The molecule has 3 heteroatoms. The van der Waals surface area contributed by atoms with Gasteiger partial charge in [0.25, 0.3) is 0 Å². The number of nitrogens with zero attached hydrogens (tertiary/aromatic N) is 1. The molecule has 0 saturated carbocycles. The van der Waals surface area contributed by atoms with Gasteiger partial charge >= 0.3 is 0 Å². The second kappa shape index (κ2) is 5.17. The summed E-state index contributed by atoms with van der Waals surface area (Å²) in [7, 11) is 4.22. The van der Waals surface area contributed by atoms with Crippen LogP contribution in [0.1, 0.15) is 24.9 Å². The van der Waals surface area contributed by atoms with Gasteiger partial charge in [0.1, 0.15) is 0 Å². The number of nitrogens with two attached hydrogens (primary N) is 1. The van der Waals surface area contributed by atoms with Crippen LogP contribution in [0.4, 0.5) is 0 Å². The largest absolute Gasteiger partial charge is 0.367 e. The van der Waals surface area contributed by atoms with Crippen molar-refractivity contribution in [3.63, 3.8) is 0 Å². The Morgan fingerprint density at radius 1 is 1.50 bits per heavy atom. The fourth-order valence-corrected chi connectivity index (χ4v) is 1.67. The minimum absolute atomic E-state index is 0.472. The van der Waals surface area contributed by atoms with E-state index in [2.05, 4.69) is 43.2 Å². The predicted molar refractivity (Wildman–Crippen MR) is 60.1 cm³/mol. The molecule has 0 aliphatic heterocycles. The van der Waals surface area contributed by atoms with Gasteiger partial charge in [-0.15, -0.1) is 0 Å². The molecule has 0 aliphatic rings. The molecule has 0 bridgehead atoms. The Morgan fingerprint density at radius 3 is 2.64 bits per heavy atom. The highest BCUT2D eigenvalue weighted by Crippen LogP contribution is 2.24. The lowest BCUT2D eigenvalue weighted by Crippen LogP contribution is -2.24. The van der Waals surface area contributed by atoms with E-state index in [9.17, 15) is 0 Å². The van der Waals surface area contributed by atoms with Crippen molar-refractivity contribution in [2.45, 2.75) is 19.4 Å². The van der Waals surface area contributed by atoms with Crippen LogP contribution in [0.2, 0.25) is 0 Å². The minimum atomic E-state index is 0.472. The quantitative estimate of drug-likeness (QED) is 0.749. The summed E-state index contributed by atoms with van der Waals surface area (Å²) in [5.41, 5.74) is 6.99. The van der Waals surface area contributed by atoms with E-state index in [4.69, 9.17) is 5.73 Å². The smallest absolute Gasteiger partial charge is 0.0359 e. The summed E-state index contributed by atoms with van der Waals surface area (Å²) in [6.07, 6.45) is 5.15. The van der Waals surface area contributed by atoms with Gasteiger partial charge in [-0.3, -0.25) is 0 Å². The molecule has 1 aromatic rings. The van der Waals surface area contributed by atoms with E-state index in [-0.39, 0.29) is 0 Å². The van der Waals surface area contributed by atoms with Gasteiger partial charge in [-0.2, -0.15) is 0 Å². The highest BCUT2D eigenvalue weighted by Gasteiger charge is 2.16. The van der Waals surface area contributed by atoms with Crippen LogP contribution in [0.3, 0.4) is 0 Å². The molecule has 14 heavy (non-hydrogen) atoms. The number of rotatable bonds is 5. The first-order chi connectivity index (χ1) is 6.65. The van der Waals surface area contributed by atoms with E-state index in [0.717, 1.165) is 13.0 Å². The molecule has 0 saturated heterocycles. The highest BCUT2D eigenvalue weighted by molar-refractivity contribution is 5.13. The van der Waals surface area contributed by atoms with Crippen LogP contribution >= 0.6 is 0 Å². The van der Waals surface area contributed by atoms with Gasteiger partial charge in [0.15, 0.2) is 0 Å². The van der Waals surface area contributed by atoms with Crippen molar-refractivity contribution in [1.82, 2.24) is 9.88 Å². The van der Waals surface area contributed by atoms with Crippen LogP contribution in [-0.2, 0) is 0 Å². The lowest BCUT2D eigenvalue weighted by Gasteiger charge is -2.26. The summed E-state index contributed by atoms with van der Waals surface area (Å²) >= 11 is 0. The van der Waals surface area contributed by atoms with Crippen molar-refractivity contribution in [3.8, 4) is 0 Å². The Morgan fingerprint density at radius 2 is 2.21 bits per heavy atom. The monoisotopic (exact) mass is 195 g/mol. The van der Waals surface area contributed by atoms with Gasteiger partial charge in [-0.05, 0) is 44.6 Å². The summed E-state index contributed by atoms with van der Waals surface area (Å²) in [4.78, 5) is 5.34. The van der Waals surface area contributed by atoms with Crippen LogP contribution in [0.15, 0.2) is 18.5 Å². The molecule has 0 aromatic carbocycles. The van der Waals surface area contributed by atoms with Crippen LogP contribution in [0.5, 0.6) is 0 Å². The van der Waals surface area contributed by atoms with Gasteiger partial charge < -0.3 is 15.6 Å². The lowest BCUT2D eigenvalue weighted by molar-refractivity contribution is 0.255. The number of aromatic nitrogens is 1. The van der Waals surface area contributed by atoms with Crippen molar-refractivity contribution >= 4 is 0 Å². The highest BCUT2D eigenvalue weighted by atomic mass is 15.1. The molecule has 1 rings (SSSR count). The maximum atomic E-state index is 5.65. The Hall–Kier alpha value is -0.800. The lowest BCUT2D eigenvalue weighted by atomic mass is 9.97. The van der Waals surface area contributed by atoms with Crippen molar-refractivity contribution < 1.29 is 0 Å². The first kappa shape index (κ1) is 11.3. The summed E-state index contributed by atoms with van der Waals surface area (Å²) in [6, 6.07) is 2.60. The van der Waals surface area contributed by atoms with Gasteiger partial charge in [0.05, 0.1) is 0 Å². The molecular weight excluding hydrogens is 174 g/mol. The van der Waals surface area contributed by atoms with Crippen LogP contribution < -0.4 is 5.73 Å². The number of aromatic amines is 1. The molecule has 2 atom stereocenters. The van der Waals surface area contributed by atoms with Crippen molar-refractivity contribution in [1.29, 1.82) is 0 Å².